The Morgan fingerprint density at radius 2 is 1.17 bits per heavy atom. The molecule has 0 amide bonds. The van der Waals surface area contributed by atoms with E-state index in [2.05, 4.69) is 14.7 Å². The van der Waals surface area contributed by atoms with Crippen molar-refractivity contribution in [1.29, 1.82) is 0 Å². The largest absolute Gasteiger partial charge is 0.324 e. The highest BCUT2D eigenvalue weighted by Gasteiger charge is 2.17. The zero-order valence-electron chi connectivity index (χ0n) is 16.4. The van der Waals surface area contributed by atoms with Gasteiger partial charge in [0.2, 0.25) is 0 Å². The van der Waals surface area contributed by atoms with E-state index >= 15 is 0 Å². The summed E-state index contributed by atoms with van der Waals surface area (Å²) in [7, 11) is -3.89. The lowest BCUT2D eigenvalue weighted by Crippen LogP contribution is -2.33. The minimum Gasteiger partial charge on any atom is -0.324 e. The fourth-order valence-electron chi connectivity index (χ4n) is 2.65. The van der Waals surface area contributed by atoms with E-state index in [0.717, 1.165) is 5.56 Å². The third-order valence-corrected chi connectivity index (χ3v) is 5.26. The predicted octanol–water partition coefficient (Wildman–Crippen LogP) is 4.27. The summed E-state index contributed by atoms with van der Waals surface area (Å²) in [5, 5.41) is 3.16. The van der Waals surface area contributed by atoms with Crippen LogP contribution in [0.2, 0.25) is 0 Å². The average molecular weight is 406 g/mol. The normalized spacial score (nSPS) is 12.8. The second kappa shape index (κ2) is 9.30. The maximum absolute atomic E-state index is 12.9. The molecule has 0 atom stereocenters. The Labute approximate surface area is 171 Å². The van der Waals surface area contributed by atoms with Crippen LogP contribution in [0.4, 0.5) is 0 Å². The Morgan fingerprint density at radius 1 is 0.724 bits per heavy atom. The number of aliphatic imine (C=N–C) groups is 1. The zero-order chi connectivity index (χ0) is 20.7. The molecule has 0 unspecified atom stereocenters. The van der Waals surface area contributed by atoms with Gasteiger partial charge in [-0.1, -0.05) is 78.9 Å². The standard InChI is InChI=1S/C23H23N3O2S/c1-18(2)24-22(19-12-6-3-7-13-19)25-23(20-14-8-4-9-15-20)26-29(27,28)21-16-10-5-11-17-21/h3-18H,1-2H3,(H,24,25,26). The molecule has 0 saturated heterocycles. The van der Waals surface area contributed by atoms with Crippen molar-refractivity contribution in [3.8, 4) is 0 Å². The Morgan fingerprint density at radius 3 is 1.66 bits per heavy atom. The van der Waals surface area contributed by atoms with Crippen LogP contribution in [0.25, 0.3) is 0 Å². The third-order valence-electron chi connectivity index (χ3n) is 3.97. The number of amidine groups is 2. The quantitative estimate of drug-likeness (QED) is 0.509. The van der Waals surface area contributed by atoms with E-state index < -0.39 is 10.0 Å². The highest BCUT2D eigenvalue weighted by atomic mass is 32.2. The summed E-state index contributed by atoms with van der Waals surface area (Å²) < 4.78 is 29.9. The van der Waals surface area contributed by atoms with Gasteiger partial charge in [0.1, 0.15) is 5.84 Å². The summed E-state index contributed by atoms with van der Waals surface area (Å²) in [5.74, 6) is 0.782. The van der Waals surface area contributed by atoms with Crippen LogP contribution in [0.3, 0.4) is 0 Å². The summed E-state index contributed by atoms with van der Waals surface area (Å²) in [5.41, 5.74) is 1.50. The smallest absolute Gasteiger partial charge is 0.284 e. The average Bonchev–Trinajstić information content (AvgIpc) is 2.74. The first-order valence-corrected chi connectivity index (χ1v) is 10.8. The Bertz CT molecular complexity index is 1090. The van der Waals surface area contributed by atoms with Crippen molar-refractivity contribution in [2.75, 3.05) is 0 Å². The Kier molecular flexibility index (Phi) is 6.57. The van der Waals surface area contributed by atoms with Crippen LogP contribution in [0.1, 0.15) is 25.0 Å². The Hall–Kier alpha value is -3.25. The lowest BCUT2D eigenvalue weighted by Gasteiger charge is -2.14. The molecule has 0 spiro atoms. The molecule has 148 valence electrons. The first-order chi connectivity index (χ1) is 14.0. The molecule has 3 rings (SSSR count). The minimum atomic E-state index is -3.89. The molecular formula is C23H23N3O2S. The SMILES string of the molecule is CC(C)N=C(N/C(=N/S(=O)(=O)c1ccccc1)c1ccccc1)c1ccccc1. The van der Waals surface area contributed by atoms with Crippen LogP contribution in [-0.4, -0.2) is 26.1 Å². The lowest BCUT2D eigenvalue weighted by molar-refractivity contribution is 0.598. The molecular weight excluding hydrogens is 382 g/mol. The van der Waals surface area contributed by atoms with Crippen molar-refractivity contribution >= 4 is 21.7 Å². The summed E-state index contributed by atoms with van der Waals surface area (Å²) in [6.07, 6.45) is 0. The number of nitrogens with one attached hydrogen (secondary N) is 1. The van der Waals surface area contributed by atoms with Crippen molar-refractivity contribution < 1.29 is 8.42 Å². The summed E-state index contributed by atoms with van der Waals surface area (Å²) >= 11 is 0. The monoisotopic (exact) mass is 405 g/mol. The molecule has 29 heavy (non-hydrogen) atoms. The molecule has 0 saturated carbocycles. The van der Waals surface area contributed by atoms with Crippen molar-refractivity contribution in [2.45, 2.75) is 24.8 Å². The van der Waals surface area contributed by atoms with E-state index in [0.29, 0.717) is 11.4 Å². The highest BCUT2D eigenvalue weighted by molar-refractivity contribution is 7.90. The fourth-order valence-corrected chi connectivity index (χ4v) is 3.65. The number of hydrogen-bond acceptors (Lipinski definition) is 3. The minimum absolute atomic E-state index is 0.0143. The number of rotatable bonds is 5. The Balaban J connectivity index is 2.09. The van der Waals surface area contributed by atoms with Crippen LogP contribution < -0.4 is 5.32 Å². The molecule has 3 aromatic rings. The maximum atomic E-state index is 12.9. The molecule has 0 fully saturated rings. The lowest BCUT2D eigenvalue weighted by atomic mass is 10.1. The van der Waals surface area contributed by atoms with E-state index in [1.807, 2.05) is 74.5 Å². The van der Waals surface area contributed by atoms with E-state index in [-0.39, 0.29) is 16.8 Å². The van der Waals surface area contributed by atoms with Gasteiger partial charge in [-0.3, -0.25) is 4.99 Å². The van der Waals surface area contributed by atoms with Gasteiger partial charge in [-0.15, -0.1) is 4.40 Å². The van der Waals surface area contributed by atoms with Crippen molar-refractivity contribution in [3.63, 3.8) is 0 Å². The van der Waals surface area contributed by atoms with Gasteiger partial charge >= 0.3 is 0 Å². The number of nitrogens with zero attached hydrogens (tertiary/aromatic N) is 2. The first kappa shape index (κ1) is 20.5. The topological polar surface area (TPSA) is 70.9 Å². The van der Waals surface area contributed by atoms with E-state index in [9.17, 15) is 8.42 Å². The van der Waals surface area contributed by atoms with Crippen LogP contribution in [0.5, 0.6) is 0 Å². The second-order valence-corrected chi connectivity index (χ2v) is 8.26. The summed E-state index contributed by atoms with van der Waals surface area (Å²) in [6.45, 7) is 3.93. The van der Waals surface area contributed by atoms with E-state index in [4.69, 9.17) is 0 Å². The number of hydrogen-bond donors (Lipinski definition) is 1. The van der Waals surface area contributed by atoms with Crippen molar-refractivity contribution in [1.82, 2.24) is 5.32 Å². The molecule has 0 aliphatic rings. The van der Waals surface area contributed by atoms with Gasteiger partial charge in [0, 0.05) is 17.2 Å². The van der Waals surface area contributed by atoms with Crippen molar-refractivity contribution in [2.24, 2.45) is 9.39 Å². The van der Waals surface area contributed by atoms with Crippen LogP contribution in [0, 0.1) is 0 Å². The van der Waals surface area contributed by atoms with Gasteiger partial charge in [-0.25, -0.2) is 0 Å². The number of benzene rings is 3. The third kappa shape index (κ3) is 5.62. The van der Waals surface area contributed by atoms with Gasteiger partial charge in [0.25, 0.3) is 10.0 Å². The molecule has 0 aliphatic carbocycles. The molecule has 5 nitrogen and oxygen atoms in total. The molecule has 0 radical (unpaired) electrons. The van der Waals surface area contributed by atoms with Gasteiger partial charge in [0.05, 0.1) is 4.90 Å². The van der Waals surface area contributed by atoms with Gasteiger partial charge < -0.3 is 5.32 Å². The van der Waals surface area contributed by atoms with Crippen molar-refractivity contribution in [3.05, 3.63) is 102 Å². The predicted molar refractivity (Wildman–Crippen MR) is 118 cm³/mol. The van der Waals surface area contributed by atoms with Gasteiger partial charge in [-0.2, -0.15) is 8.42 Å². The van der Waals surface area contributed by atoms with Crippen LogP contribution >= 0.6 is 0 Å². The molecule has 0 aromatic heterocycles. The highest BCUT2D eigenvalue weighted by Crippen LogP contribution is 2.14. The molecule has 1 N–H and O–H groups in total. The fraction of sp³-hybridized carbons (Fsp3) is 0.130. The zero-order valence-corrected chi connectivity index (χ0v) is 17.2. The van der Waals surface area contributed by atoms with Crippen LogP contribution in [0.15, 0.2) is 105 Å². The summed E-state index contributed by atoms with van der Waals surface area (Å²) in [4.78, 5) is 4.78. The van der Waals surface area contributed by atoms with Gasteiger partial charge in [-0.05, 0) is 26.0 Å². The molecule has 6 heteroatoms. The van der Waals surface area contributed by atoms with E-state index in [1.165, 1.54) is 12.1 Å². The molecule has 0 aliphatic heterocycles. The maximum Gasteiger partial charge on any atom is 0.284 e. The van der Waals surface area contributed by atoms with E-state index in [1.54, 1.807) is 18.2 Å². The van der Waals surface area contributed by atoms with Crippen LogP contribution in [-0.2, 0) is 10.0 Å². The first-order valence-electron chi connectivity index (χ1n) is 9.31. The summed E-state index contributed by atoms with van der Waals surface area (Å²) in [6, 6.07) is 26.9. The molecule has 0 heterocycles. The second-order valence-electron chi connectivity index (χ2n) is 6.66. The van der Waals surface area contributed by atoms with Gasteiger partial charge in [0.15, 0.2) is 5.84 Å². The molecule has 3 aromatic carbocycles. The molecule has 0 bridgehead atoms. The number of sulfonamides is 1.